The van der Waals surface area contributed by atoms with Crippen LogP contribution in [0.1, 0.15) is 38.4 Å². The quantitative estimate of drug-likeness (QED) is 0.845. The molecule has 2 aliphatic rings. The van der Waals surface area contributed by atoms with Crippen molar-refractivity contribution >= 4 is 5.91 Å². The Morgan fingerprint density at radius 2 is 2.15 bits per heavy atom. The summed E-state index contributed by atoms with van der Waals surface area (Å²) in [6, 6.07) is 1.81. The first-order valence-electron chi connectivity index (χ1n) is 7.61. The fourth-order valence-electron chi connectivity index (χ4n) is 4.13. The van der Waals surface area contributed by atoms with Crippen LogP contribution in [0.5, 0.6) is 0 Å². The maximum absolute atomic E-state index is 12.8. The van der Waals surface area contributed by atoms with Gasteiger partial charge in [-0.2, -0.15) is 0 Å². The monoisotopic (exact) mass is 273 g/mol. The molecule has 2 bridgehead atoms. The highest BCUT2D eigenvalue weighted by Crippen LogP contribution is 2.56. The zero-order valence-electron chi connectivity index (χ0n) is 12.4. The number of nitrogens with zero attached hydrogens (tertiary/aromatic N) is 3. The summed E-state index contributed by atoms with van der Waals surface area (Å²) in [5.74, 6) is 2.53. The van der Waals surface area contributed by atoms with Crippen LogP contribution in [0.15, 0.2) is 18.5 Å². The zero-order valence-corrected chi connectivity index (χ0v) is 12.4. The van der Waals surface area contributed by atoms with Crippen LogP contribution in [0, 0.1) is 17.3 Å². The summed E-state index contributed by atoms with van der Waals surface area (Å²) in [5.41, 5.74) is -0.116. The number of hydrogen-bond acceptors (Lipinski definition) is 3. The molecule has 0 aliphatic heterocycles. The molecule has 1 aromatic heterocycles. The molecule has 2 fully saturated rings. The summed E-state index contributed by atoms with van der Waals surface area (Å²) in [4.78, 5) is 23.1. The molecule has 20 heavy (non-hydrogen) atoms. The molecule has 3 atom stereocenters. The molecule has 4 heteroatoms. The summed E-state index contributed by atoms with van der Waals surface area (Å²) >= 11 is 0. The fraction of sp³-hybridized carbons (Fsp3) is 0.688. The lowest BCUT2D eigenvalue weighted by molar-refractivity contribution is -0.142. The van der Waals surface area contributed by atoms with Gasteiger partial charge in [0.2, 0.25) is 5.91 Å². The molecule has 1 amide bonds. The average molecular weight is 273 g/mol. The average Bonchev–Trinajstić information content (AvgIpc) is 3.05. The van der Waals surface area contributed by atoms with Crippen molar-refractivity contribution in [3.63, 3.8) is 0 Å². The number of hydrogen-bond donors (Lipinski definition) is 0. The third-order valence-corrected chi connectivity index (χ3v) is 5.28. The Balaban J connectivity index is 1.60. The highest BCUT2D eigenvalue weighted by atomic mass is 16.2. The SMILES string of the molecule is CN(CCc1ncccn1)C(=O)C1(C)CC2CCC1C2. The van der Waals surface area contributed by atoms with Crippen molar-refractivity contribution in [2.75, 3.05) is 13.6 Å². The molecular weight excluding hydrogens is 250 g/mol. The van der Waals surface area contributed by atoms with Gasteiger partial charge in [0.05, 0.1) is 0 Å². The van der Waals surface area contributed by atoms with Crippen LogP contribution in [-0.2, 0) is 11.2 Å². The number of aromatic nitrogens is 2. The van der Waals surface area contributed by atoms with Gasteiger partial charge in [0, 0.05) is 37.8 Å². The standard InChI is InChI=1S/C16H23N3O/c1-16(11-12-4-5-13(16)10-12)15(20)19(2)9-6-14-17-7-3-8-18-14/h3,7-8,12-13H,4-6,9-11H2,1-2H3. The summed E-state index contributed by atoms with van der Waals surface area (Å²) < 4.78 is 0. The second-order valence-corrected chi connectivity index (χ2v) is 6.64. The molecule has 3 unspecified atom stereocenters. The number of carbonyl (C=O) groups excluding carboxylic acids is 1. The van der Waals surface area contributed by atoms with Crippen LogP contribution >= 0.6 is 0 Å². The van der Waals surface area contributed by atoms with Gasteiger partial charge in [0.25, 0.3) is 0 Å². The molecule has 0 radical (unpaired) electrons. The number of fused-ring (bicyclic) bond motifs is 2. The Labute approximate surface area is 120 Å². The molecule has 2 saturated carbocycles. The summed E-state index contributed by atoms with van der Waals surface area (Å²) in [6.45, 7) is 2.88. The van der Waals surface area contributed by atoms with Crippen LogP contribution in [0.2, 0.25) is 0 Å². The minimum absolute atomic E-state index is 0.116. The van der Waals surface area contributed by atoms with E-state index >= 15 is 0 Å². The first-order chi connectivity index (χ1) is 9.59. The smallest absolute Gasteiger partial charge is 0.228 e. The number of amides is 1. The van der Waals surface area contributed by atoms with Crippen molar-refractivity contribution in [3.8, 4) is 0 Å². The molecule has 3 rings (SSSR count). The van der Waals surface area contributed by atoms with Gasteiger partial charge in [-0.25, -0.2) is 9.97 Å². The molecule has 0 saturated heterocycles. The van der Waals surface area contributed by atoms with E-state index in [2.05, 4.69) is 16.9 Å². The second kappa shape index (κ2) is 5.15. The molecule has 1 aromatic rings. The molecule has 0 spiro atoms. The van der Waals surface area contributed by atoms with Crippen molar-refractivity contribution in [2.45, 2.75) is 39.0 Å². The second-order valence-electron chi connectivity index (χ2n) is 6.64. The van der Waals surface area contributed by atoms with Crippen LogP contribution in [0.3, 0.4) is 0 Å². The molecule has 108 valence electrons. The molecule has 4 nitrogen and oxygen atoms in total. The Bertz CT molecular complexity index is 490. The van der Waals surface area contributed by atoms with Crippen LogP contribution in [-0.4, -0.2) is 34.4 Å². The Morgan fingerprint density at radius 1 is 1.40 bits per heavy atom. The van der Waals surface area contributed by atoms with Crippen molar-refractivity contribution in [2.24, 2.45) is 17.3 Å². The fourth-order valence-corrected chi connectivity index (χ4v) is 4.13. The van der Waals surface area contributed by atoms with E-state index in [1.807, 2.05) is 18.0 Å². The first kappa shape index (κ1) is 13.5. The third kappa shape index (κ3) is 2.32. The van der Waals surface area contributed by atoms with Crippen molar-refractivity contribution in [1.82, 2.24) is 14.9 Å². The van der Waals surface area contributed by atoms with E-state index in [1.54, 1.807) is 12.4 Å². The van der Waals surface area contributed by atoms with Gasteiger partial charge in [-0.15, -0.1) is 0 Å². The van der Waals surface area contributed by atoms with Crippen LogP contribution in [0.25, 0.3) is 0 Å². The highest BCUT2D eigenvalue weighted by molar-refractivity contribution is 5.83. The lowest BCUT2D eigenvalue weighted by Crippen LogP contribution is -2.44. The highest BCUT2D eigenvalue weighted by Gasteiger charge is 2.52. The number of carbonyl (C=O) groups is 1. The van der Waals surface area contributed by atoms with E-state index in [9.17, 15) is 4.79 Å². The largest absolute Gasteiger partial charge is 0.345 e. The zero-order chi connectivity index (χ0) is 14.2. The van der Waals surface area contributed by atoms with Gasteiger partial charge in [-0.1, -0.05) is 13.3 Å². The topological polar surface area (TPSA) is 46.1 Å². The van der Waals surface area contributed by atoms with E-state index in [-0.39, 0.29) is 5.41 Å². The van der Waals surface area contributed by atoms with E-state index in [4.69, 9.17) is 0 Å². The molecular formula is C16H23N3O. The summed E-state index contributed by atoms with van der Waals surface area (Å²) in [6.07, 6.45) is 9.15. The predicted octanol–water partition coefficient (Wildman–Crippen LogP) is 2.30. The van der Waals surface area contributed by atoms with E-state index < -0.39 is 0 Å². The van der Waals surface area contributed by atoms with Gasteiger partial charge in [-0.05, 0) is 37.2 Å². The van der Waals surface area contributed by atoms with Gasteiger partial charge in [0.1, 0.15) is 5.82 Å². The third-order valence-electron chi connectivity index (χ3n) is 5.28. The van der Waals surface area contributed by atoms with Crippen molar-refractivity contribution < 1.29 is 4.79 Å². The number of likely N-dealkylation sites (N-methyl/N-ethyl adjacent to an activating group) is 1. The van der Waals surface area contributed by atoms with Crippen LogP contribution in [0.4, 0.5) is 0 Å². The minimum atomic E-state index is -0.116. The Morgan fingerprint density at radius 3 is 2.75 bits per heavy atom. The lowest BCUT2D eigenvalue weighted by atomic mass is 9.73. The lowest BCUT2D eigenvalue weighted by Gasteiger charge is -2.36. The normalized spacial score (nSPS) is 31.5. The Kier molecular flexibility index (Phi) is 3.48. The van der Waals surface area contributed by atoms with Crippen molar-refractivity contribution in [1.29, 1.82) is 0 Å². The molecule has 1 heterocycles. The van der Waals surface area contributed by atoms with Gasteiger partial charge >= 0.3 is 0 Å². The molecule has 2 aliphatic carbocycles. The number of rotatable bonds is 4. The van der Waals surface area contributed by atoms with Gasteiger partial charge in [0.15, 0.2) is 0 Å². The molecule has 0 aromatic carbocycles. The van der Waals surface area contributed by atoms with E-state index in [0.717, 1.165) is 24.6 Å². The maximum Gasteiger partial charge on any atom is 0.228 e. The van der Waals surface area contributed by atoms with Crippen LogP contribution < -0.4 is 0 Å². The Hall–Kier alpha value is -1.45. The van der Waals surface area contributed by atoms with Gasteiger partial charge in [-0.3, -0.25) is 4.79 Å². The minimum Gasteiger partial charge on any atom is -0.345 e. The maximum atomic E-state index is 12.8. The van der Waals surface area contributed by atoms with Crippen molar-refractivity contribution in [3.05, 3.63) is 24.3 Å². The first-order valence-corrected chi connectivity index (χ1v) is 7.61. The van der Waals surface area contributed by atoms with E-state index in [1.165, 1.54) is 19.3 Å². The molecule has 0 N–H and O–H groups in total. The summed E-state index contributed by atoms with van der Waals surface area (Å²) in [5, 5.41) is 0. The summed E-state index contributed by atoms with van der Waals surface area (Å²) in [7, 11) is 1.92. The van der Waals surface area contributed by atoms with Gasteiger partial charge < -0.3 is 4.90 Å². The predicted molar refractivity (Wildman–Crippen MR) is 76.9 cm³/mol. The van der Waals surface area contributed by atoms with E-state index in [0.29, 0.717) is 18.4 Å².